The van der Waals surface area contributed by atoms with Gasteiger partial charge in [-0.05, 0) is 49.6 Å². The lowest BCUT2D eigenvalue weighted by Gasteiger charge is -2.14. The minimum atomic E-state index is -0.0279. The molecule has 1 amide bonds. The van der Waals surface area contributed by atoms with Gasteiger partial charge in [0.2, 0.25) is 0 Å². The molecule has 0 spiro atoms. The Morgan fingerprint density at radius 3 is 2.96 bits per heavy atom. The van der Waals surface area contributed by atoms with Crippen molar-refractivity contribution in [2.45, 2.75) is 33.7 Å². The van der Waals surface area contributed by atoms with E-state index in [1.807, 2.05) is 29.8 Å². The Morgan fingerprint density at radius 2 is 2.22 bits per heavy atom. The quantitative estimate of drug-likeness (QED) is 0.923. The number of nitrogens with zero attached hydrogens (tertiary/aromatic N) is 2. The monoisotopic (exact) mass is 313 g/mol. The molecule has 1 aliphatic rings. The number of nitrogens with one attached hydrogen (secondary N) is 1. The van der Waals surface area contributed by atoms with Crippen molar-refractivity contribution < 1.29 is 9.53 Å². The number of hydrogen-bond donors (Lipinski definition) is 1. The predicted octanol–water partition coefficient (Wildman–Crippen LogP) is 2.50. The number of aryl methyl sites for hydroxylation is 2. The summed E-state index contributed by atoms with van der Waals surface area (Å²) in [5, 5.41) is 7.48. The molecule has 1 aromatic heterocycles. The molecular weight excluding hydrogens is 290 g/mol. The molecule has 1 aromatic carbocycles. The summed E-state index contributed by atoms with van der Waals surface area (Å²) in [5.41, 5.74) is 4.00. The van der Waals surface area contributed by atoms with Gasteiger partial charge < -0.3 is 10.1 Å². The first-order valence-electron chi connectivity index (χ1n) is 8.08. The first-order valence-corrected chi connectivity index (χ1v) is 8.08. The minimum absolute atomic E-state index is 0.0279. The van der Waals surface area contributed by atoms with E-state index in [9.17, 15) is 4.79 Å². The van der Waals surface area contributed by atoms with Crippen LogP contribution in [-0.4, -0.2) is 28.8 Å². The summed E-state index contributed by atoms with van der Waals surface area (Å²) in [4.78, 5) is 12.3. The van der Waals surface area contributed by atoms with Crippen LogP contribution >= 0.6 is 0 Å². The normalized spacial score (nSPS) is 14.2. The van der Waals surface area contributed by atoms with Gasteiger partial charge in [-0.1, -0.05) is 6.92 Å². The summed E-state index contributed by atoms with van der Waals surface area (Å²) in [7, 11) is 0. The molecule has 122 valence electrons. The third kappa shape index (κ3) is 3.55. The molecule has 1 atom stereocenters. The van der Waals surface area contributed by atoms with Crippen LogP contribution in [0, 0.1) is 19.8 Å². The molecule has 0 radical (unpaired) electrons. The summed E-state index contributed by atoms with van der Waals surface area (Å²) in [6.07, 6.45) is 0.880. The molecule has 0 saturated heterocycles. The SMILES string of the molecule is Cc1cc(C)n(C[C@@H](C)CNC(=O)c2ccc3c(c2)CCO3)n1. The number of ether oxygens (including phenoxy) is 1. The maximum atomic E-state index is 12.3. The van der Waals surface area contributed by atoms with Crippen LogP contribution in [0.2, 0.25) is 0 Å². The summed E-state index contributed by atoms with van der Waals surface area (Å²) < 4.78 is 7.47. The van der Waals surface area contributed by atoms with E-state index >= 15 is 0 Å². The molecule has 3 rings (SSSR count). The first-order chi connectivity index (χ1) is 11.0. The van der Waals surface area contributed by atoms with Crippen LogP contribution in [0.25, 0.3) is 0 Å². The minimum Gasteiger partial charge on any atom is -0.493 e. The summed E-state index contributed by atoms with van der Waals surface area (Å²) in [6.45, 7) is 8.31. The van der Waals surface area contributed by atoms with Gasteiger partial charge in [0.25, 0.3) is 5.91 Å². The summed E-state index contributed by atoms with van der Waals surface area (Å²) >= 11 is 0. The van der Waals surface area contributed by atoms with E-state index in [1.54, 1.807) is 0 Å². The maximum Gasteiger partial charge on any atom is 0.251 e. The Kier molecular flexibility index (Phi) is 4.37. The Balaban J connectivity index is 1.55. The van der Waals surface area contributed by atoms with Gasteiger partial charge in [0, 0.05) is 30.8 Å². The highest BCUT2D eigenvalue weighted by Gasteiger charge is 2.15. The van der Waals surface area contributed by atoms with Gasteiger partial charge in [-0.3, -0.25) is 9.48 Å². The van der Waals surface area contributed by atoms with Crippen LogP contribution < -0.4 is 10.1 Å². The van der Waals surface area contributed by atoms with Gasteiger partial charge in [-0.15, -0.1) is 0 Å². The lowest BCUT2D eigenvalue weighted by molar-refractivity contribution is 0.0946. The van der Waals surface area contributed by atoms with Crippen LogP contribution in [0.1, 0.15) is 34.2 Å². The molecule has 0 unspecified atom stereocenters. The van der Waals surface area contributed by atoms with Crippen molar-refractivity contribution >= 4 is 5.91 Å². The van der Waals surface area contributed by atoms with Crippen molar-refractivity contribution in [3.05, 3.63) is 46.8 Å². The van der Waals surface area contributed by atoms with Gasteiger partial charge in [0.1, 0.15) is 5.75 Å². The topological polar surface area (TPSA) is 56.2 Å². The molecule has 2 heterocycles. The zero-order valence-corrected chi connectivity index (χ0v) is 13.9. The number of amides is 1. The summed E-state index contributed by atoms with van der Waals surface area (Å²) in [5.74, 6) is 1.19. The lowest BCUT2D eigenvalue weighted by atomic mass is 10.1. The van der Waals surface area contributed by atoms with E-state index in [0.29, 0.717) is 24.6 Å². The molecule has 1 N–H and O–H groups in total. The lowest BCUT2D eigenvalue weighted by Crippen LogP contribution is -2.30. The molecule has 0 saturated carbocycles. The third-order valence-corrected chi connectivity index (χ3v) is 4.15. The predicted molar refractivity (Wildman–Crippen MR) is 88.8 cm³/mol. The number of carbonyl (C=O) groups excluding carboxylic acids is 1. The fraction of sp³-hybridized carbons (Fsp3) is 0.444. The second-order valence-electron chi connectivity index (χ2n) is 6.35. The second-order valence-corrected chi connectivity index (χ2v) is 6.35. The number of rotatable bonds is 5. The largest absolute Gasteiger partial charge is 0.493 e. The highest BCUT2D eigenvalue weighted by molar-refractivity contribution is 5.94. The fourth-order valence-electron chi connectivity index (χ4n) is 2.92. The molecule has 5 heteroatoms. The molecule has 23 heavy (non-hydrogen) atoms. The van der Waals surface area contributed by atoms with Crippen molar-refractivity contribution in [2.75, 3.05) is 13.2 Å². The highest BCUT2D eigenvalue weighted by atomic mass is 16.5. The number of hydrogen-bond acceptors (Lipinski definition) is 3. The Hall–Kier alpha value is -2.30. The van der Waals surface area contributed by atoms with E-state index in [1.165, 1.54) is 0 Å². The van der Waals surface area contributed by atoms with Crippen LogP contribution in [0.3, 0.4) is 0 Å². The van der Waals surface area contributed by atoms with Crippen molar-refractivity contribution in [3.63, 3.8) is 0 Å². The maximum absolute atomic E-state index is 12.3. The zero-order valence-electron chi connectivity index (χ0n) is 13.9. The Morgan fingerprint density at radius 1 is 1.39 bits per heavy atom. The third-order valence-electron chi connectivity index (χ3n) is 4.15. The molecule has 2 aromatic rings. The van der Waals surface area contributed by atoms with Crippen molar-refractivity contribution in [3.8, 4) is 5.75 Å². The van der Waals surface area contributed by atoms with E-state index in [2.05, 4.69) is 30.3 Å². The van der Waals surface area contributed by atoms with Gasteiger partial charge >= 0.3 is 0 Å². The Bertz CT molecular complexity index is 721. The molecule has 0 bridgehead atoms. The van der Waals surface area contributed by atoms with Crippen molar-refractivity contribution in [1.82, 2.24) is 15.1 Å². The summed E-state index contributed by atoms with van der Waals surface area (Å²) in [6, 6.07) is 7.71. The van der Waals surface area contributed by atoms with Crippen LogP contribution in [0.15, 0.2) is 24.3 Å². The molecule has 5 nitrogen and oxygen atoms in total. The van der Waals surface area contributed by atoms with Gasteiger partial charge in [0.05, 0.1) is 12.3 Å². The van der Waals surface area contributed by atoms with Crippen molar-refractivity contribution in [2.24, 2.45) is 5.92 Å². The standard InChI is InChI=1S/C18H23N3O2/c1-12(11-21-14(3)8-13(2)20-21)10-19-18(22)16-4-5-17-15(9-16)6-7-23-17/h4-5,8-9,12H,6-7,10-11H2,1-3H3,(H,19,22)/t12-/m0/s1. The van der Waals surface area contributed by atoms with Crippen molar-refractivity contribution in [1.29, 1.82) is 0 Å². The number of fused-ring (bicyclic) bond motifs is 1. The van der Waals surface area contributed by atoms with Crippen LogP contribution in [0.4, 0.5) is 0 Å². The van der Waals surface area contributed by atoms with Gasteiger partial charge in [-0.25, -0.2) is 0 Å². The number of aromatic nitrogens is 2. The van der Waals surface area contributed by atoms with Crippen LogP contribution in [-0.2, 0) is 13.0 Å². The molecule has 0 fully saturated rings. The first kappa shape index (κ1) is 15.6. The average molecular weight is 313 g/mol. The zero-order chi connectivity index (χ0) is 16.4. The van der Waals surface area contributed by atoms with E-state index in [0.717, 1.165) is 35.7 Å². The smallest absolute Gasteiger partial charge is 0.251 e. The van der Waals surface area contributed by atoms with Gasteiger partial charge in [0.15, 0.2) is 0 Å². The van der Waals surface area contributed by atoms with Gasteiger partial charge in [-0.2, -0.15) is 5.10 Å². The highest BCUT2D eigenvalue weighted by Crippen LogP contribution is 2.25. The molecule has 1 aliphatic heterocycles. The van der Waals surface area contributed by atoms with E-state index in [4.69, 9.17) is 4.74 Å². The van der Waals surface area contributed by atoms with Crippen LogP contribution in [0.5, 0.6) is 5.75 Å². The molecule has 0 aliphatic carbocycles. The van der Waals surface area contributed by atoms with E-state index in [-0.39, 0.29) is 5.91 Å². The molecular formula is C18H23N3O2. The number of benzene rings is 1. The Labute approximate surface area is 136 Å². The average Bonchev–Trinajstić information content (AvgIpc) is 3.10. The number of carbonyl (C=O) groups is 1. The second kappa shape index (κ2) is 6.44. The van der Waals surface area contributed by atoms with E-state index < -0.39 is 0 Å². The fourth-order valence-corrected chi connectivity index (χ4v) is 2.92.